The first-order valence-electron chi connectivity index (χ1n) is 9.21. The van der Waals surface area contributed by atoms with Gasteiger partial charge in [-0.25, -0.2) is 8.42 Å². The Morgan fingerprint density at radius 3 is 2.31 bits per heavy atom. The molecule has 0 radical (unpaired) electrons. The molecule has 0 aliphatic carbocycles. The van der Waals surface area contributed by atoms with Crippen LogP contribution in [-0.4, -0.2) is 29.9 Å². The number of nitrogens with one attached hydrogen (secondary N) is 1. The van der Waals surface area contributed by atoms with Crippen LogP contribution >= 0.6 is 0 Å². The highest BCUT2D eigenvalue weighted by Gasteiger charge is 2.16. The Hall–Kier alpha value is -3.25. The van der Waals surface area contributed by atoms with Gasteiger partial charge in [0, 0.05) is 35.5 Å². The fraction of sp³-hybridized carbons (Fsp3) is 0.130. The maximum absolute atomic E-state index is 11.9. The fourth-order valence-electron chi connectivity index (χ4n) is 3.54. The monoisotopic (exact) mass is 403 g/mol. The van der Waals surface area contributed by atoms with Gasteiger partial charge in [0.1, 0.15) is 5.69 Å². The van der Waals surface area contributed by atoms with Crippen LogP contribution in [0.3, 0.4) is 0 Å². The molecule has 0 amide bonds. The number of benzene rings is 2. The van der Waals surface area contributed by atoms with Crippen molar-refractivity contribution in [3.05, 3.63) is 78.2 Å². The van der Waals surface area contributed by atoms with Gasteiger partial charge in [-0.1, -0.05) is 30.3 Å². The van der Waals surface area contributed by atoms with Gasteiger partial charge in [-0.05, 0) is 60.4 Å². The molecular formula is C23H21N3O2S. The Labute approximate surface area is 170 Å². The van der Waals surface area contributed by atoms with Crippen LogP contribution in [0.2, 0.25) is 0 Å². The molecule has 0 aliphatic heterocycles. The first-order chi connectivity index (χ1) is 13.8. The quantitative estimate of drug-likeness (QED) is 0.530. The predicted octanol–water partition coefficient (Wildman–Crippen LogP) is 4.83. The van der Waals surface area contributed by atoms with E-state index in [1.807, 2.05) is 38.1 Å². The number of hydrogen-bond donors (Lipinski definition) is 1. The van der Waals surface area contributed by atoms with E-state index in [1.165, 1.54) is 6.26 Å². The molecule has 4 rings (SSSR count). The van der Waals surface area contributed by atoms with Crippen molar-refractivity contribution in [1.82, 2.24) is 15.2 Å². The first kappa shape index (κ1) is 19.1. The molecule has 146 valence electrons. The lowest BCUT2D eigenvalue weighted by Gasteiger charge is -2.11. The molecule has 29 heavy (non-hydrogen) atoms. The lowest BCUT2D eigenvalue weighted by atomic mass is 9.94. The van der Waals surface area contributed by atoms with E-state index in [2.05, 4.69) is 27.3 Å². The lowest BCUT2D eigenvalue weighted by molar-refractivity contribution is 0.602. The van der Waals surface area contributed by atoms with Gasteiger partial charge in [0.05, 0.1) is 4.90 Å². The minimum atomic E-state index is -3.25. The van der Waals surface area contributed by atoms with E-state index in [4.69, 9.17) is 0 Å². The van der Waals surface area contributed by atoms with Crippen molar-refractivity contribution in [2.24, 2.45) is 0 Å². The fourth-order valence-corrected chi connectivity index (χ4v) is 4.21. The molecule has 2 heterocycles. The number of aromatic nitrogens is 3. The second kappa shape index (κ2) is 7.29. The Morgan fingerprint density at radius 1 is 0.862 bits per heavy atom. The van der Waals surface area contributed by atoms with E-state index in [0.717, 1.165) is 44.8 Å². The zero-order valence-corrected chi connectivity index (χ0v) is 17.3. The standard InChI is InChI=1S/C23H21N3O2S/c1-15-13-19(22-16(2)25-26-23(22)17-9-11-24-12-10-17)7-8-21(15)18-5-4-6-20(14-18)29(3,27)28/h4-14H,1-3H3,(H,25,26). The molecule has 0 fully saturated rings. The van der Waals surface area contributed by atoms with Crippen molar-refractivity contribution in [1.29, 1.82) is 0 Å². The Kier molecular flexibility index (Phi) is 4.80. The van der Waals surface area contributed by atoms with E-state index >= 15 is 0 Å². The average Bonchev–Trinajstić information content (AvgIpc) is 3.09. The third kappa shape index (κ3) is 3.71. The zero-order chi connectivity index (χ0) is 20.6. The molecule has 0 unspecified atom stereocenters. The number of H-pyrrole nitrogens is 1. The smallest absolute Gasteiger partial charge is 0.175 e. The van der Waals surface area contributed by atoms with Crippen LogP contribution in [0.25, 0.3) is 33.5 Å². The van der Waals surface area contributed by atoms with Crippen molar-refractivity contribution < 1.29 is 8.42 Å². The Morgan fingerprint density at radius 2 is 1.62 bits per heavy atom. The topological polar surface area (TPSA) is 75.7 Å². The van der Waals surface area contributed by atoms with Gasteiger partial charge >= 0.3 is 0 Å². The van der Waals surface area contributed by atoms with Crippen LogP contribution in [0.5, 0.6) is 0 Å². The van der Waals surface area contributed by atoms with E-state index in [0.29, 0.717) is 4.90 Å². The van der Waals surface area contributed by atoms with Gasteiger partial charge in [0.25, 0.3) is 0 Å². The van der Waals surface area contributed by atoms with Gasteiger partial charge in [0.2, 0.25) is 0 Å². The number of aryl methyl sites for hydroxylation is 2. The first-order valence-corrected chi connectivity index (χ1v) is 11.1. The van der Waals surface area contributed by atoms with Crippen LogP contribution in [0, 0.1) is 13.8 Å². The number of sulfone groups is 1. The van der Waals surface area contributed by atoms with Crippen molar-refractivity contribution in [2.75, 3.05) is 6.26 Å². The lowest BCUT2D eigenvalue weighted by Crippen LogP contribution is -1.97. The molecule has 2 aromatic carbocycles. The van der Waals surface area contributed by atoms with Crippen molar-refractivity contribution >= 4 is 9.84 Å². The molecule has 0 saturated carbocycles. The highest BCUT2D eigenvalue weighted by molar-refractivity contribution is 7.90. The average molecular weight is 404 g/mol. The summed E-state index contributed by atoms with van der Waals surface area (Å²) in [6.07, 6.45) is 4.74. The summed E-state index contributed by atoms with van der Waals surface area (Å²) >= 11 is 0. The second-order valence-electron chi connectivity index (χ2n) is 7.14. The third-order valence-electron chi connectivity index (χ3n) is 4.99. The molecule has 1 N–H and O–H groups in total. The van der Waals surface area contributed by atoms with Crippen molar-refractivity contribution in [3.8, 4) is 33.5 Å². The normalized spacial score (nSPS) is 11.6. The summed E-state index contributed by atoms with van der Waals surface area (Å²) in [7, 11) is -3.25. The summed E-state index contributed by atoms with van der Waals surface area (Å²) in [5, 5.41) is 7.58. The zero-order valence-electron chi connectivity index (χ0n) is 16.5. The van der Waals surface area contributed by atoms with Gasteiger partial charge in [0.15, 0.2) is 9.84 Å². The van der Waals surface area contributed by atoms with Gasteiger partial charge in [-0.15, -0.1) is 0 Å². The van der Waals surface area contributed by atoms with Crippen LogP contribution in [-0.2, 0) is 9.84 Å². The maximum atomic E-state index is 11.9. The number of nitrogens with zero attached hydrogens (tertiary/aromatic N) is 2. The summed E-state index contributed by atoms with van der Waals surface area (Å²) in [4.78, 5) is 4.41. The van der Waals surface area contributed by atoms with Crippen LogP contribution in [0.4, 0.5) is 0 Å². The Balaban J connectivity index is 1.80. The molecule has 0 spiro atoms. The third-order valence-corrected chi connectivity index (χ3v) is 6.10. The molecule has 0 bridgehead atoms. The minimum Gasteiger partial charge on any atom is -0.282 e. The van der Waals surface area contributed by atoms with Crippen molar-refractivity contribution in [3.63, 3.8) is 0 Å². The van der Waals surface area contributed by atoms with Crippen LogP contribution < -0.4 is 0 Å². The highest BCUT2D eigenvalue weighted by atomic mass is 32.2. The molecule has 0 saturated heterocycles. The summed E-state index contributed by atoms with van der Waals surface area (Å²) in [5.74, 6) is 0. The summed E-state index contributed by atoms with van der Waals surface area (Å²) in [5.41, 5.74) is 7.94. The number of rotatable bonds is 4. The van der Waals surface area contributed by atoms with Crippen LogP contribution in [0.15, 0.2) is 71.9 Å². The summed E-state index contributed by atoms with van der Waals surface area (Å²) < 4.78 is 23.8. The number of aromatic amines is 1. The van der Waals surface area contributed by atoms with Crippen molar-refractivity contribution in [2.45, 2.75) is 18.7 Å². The molecule has 0 atom stereocenters. The molecule has 0 aliphatic rings. The number of hydrogen-bond acceptors (Lipinski definition) is 4. The SMILES string of the molecule is Cc1cc(-c2c(-c3ccncc3)n[nH]c2C)ccc1-c1cccc(S(C)(=O)=O)c1. The largest absolute Gasteiger partial charge is 0.282 e. The number of pyridine rings is 1. The maximum Gasteiger partial charge on any atom is 0.175 e. The molecular weight excluding hydrogens is 382 g/mol. The Bertz CT molecular complexity index is 1290. The summed E-state index contributed by atoms with van der Waals surface area (Å²) in [6, 6.07) is 17.1. The van der Waals surface area contributed by atoms with Gasteiger partial charge in [-0.3, -0.25) is 10.1 Å². The highest BCUT2D eigenvalue weighted by Crippen LogP contribution is 2.35. The van der Waals surface area contributed by atoms with Gasteiger partial charge in [-0.2, -0.15) is 5.10 Å². The van der Waals surface area contributed by atoms with E-state index < -0.39 is 9.84 Å². The molecule has 6 heteroatoms. The van der Waals surface area contributed by atoms with E-state index in [1.54, 1.807) is 30.6 Å². The van der Waals surface area contributed by atoms with Crippen LogP contribution in [0.1, 0.15) is 11.3 Å². The predicted molar refractivity (Wildman–Crippen MR) is 115 cm³/mol. The summed E-state index contributed by atoms with van der Waals surface area (Å²) in [6.45, 7) is 4.04. The van der Waals surface area contributed by atoms with E-state index in [9.17, 15) is 8.42 Å². The molecule has 4 aromatic rings. The molecule has 2 aromatic heterocycles. The minimum absolute atomic E-state index is 0.323. The molecule has 5 nitrogen and oxygen atoms in total. The second-order valence-corrected chi connectivity index (χ2v) is 9.15. The van der Waals surface area contributed by atoms with Gasteiger partial charge < -0.3 is 0 Å². The van der Waals surface area contributed by atoms with E-state index in [-0.39, 0.29) is 0 Å².